The Morgan fingerprint density at radius 3 is 2.71 bits per heavy atom. The normalized spacial score (nSPS) is 14.6. The smallest absolute Gasteiger partial charge is 0.142 e. The van der Waals surface area contributed by atoms with E-state index in [-0.39, 0.29) is 11.1 Å². The lowest BCUT2D eigenvalue weighted by molar-refractivity contribution is -0.0334. The van der Waals surface area contributed by atoms with Crippen molar-refractivity contribution in [3.63, 3.8) is 0 Å². The predicted octanol–water partition coefficient (Wildman–Crippen LogP) is 3.20. The molecule has 0 aliphatic heterocycles. The van der Waals surface area contributed by atoms with Crippen molar-refractivity contribution in [2.24, 2.45) is 0 Å². The summed E-state index contributed by atoms with van der Waals surface area (Å²) in [7, 11) is 0. The van der Waals surface area contributed by atoms with Crippen LogP contribution >= 0.6 is 11.6 Å². The molecule has 0 heterocycles. The highest BCUT2D eigenvalue weighted by atomic mass is 35.5. The van der Waals surface area contributed by atoms with Crippen LogP contribution in [0.25, 0.3) is 0 Å². The van der Waals surface area contributed by atoms with Crippen molar-refractivity contribution < 1.29 is 14.2 Å². The number of hydrogen-bond acceptors (Lipinski definition) is 2. The first-order valence-electron chi connectivity index (χ1n) is 5.82. The molecule has 1 aromatic rings. The first-order valence-corrected chi connectivity index (χ1v) is 6.20. The zero-order chi connectivity index (χ0) is 12.8. The zero-order valence-electron chi connectivity index (χ0n) is 10.1. The number of rotatable bonds is 6. The summed E-state index contributed by atoms with van der Waals surface area (Å²) in [5.74, 6) is -0.458. The van der Waals surface area contributed by atoms with Crippen molar-refractivity contribution in [2.75, 3.05) is 6.61 Å². The fraction of sp³-hybridized carbons (Fsp3) is 0.538. The fourth-order valence-electron chi connectivity index (χ4n) is 1.78. The highest BCUT2D eigenvalue weighted by Gasteiger charge is 2.19. The van der Waals surface area contributed by atoms with Gasteiger partial charge in [-0.05, 0) is 25.0 Å². The molecule has 2 nitrogen and oxygen atoms in total. The Labute approximate surface area is 106 Å². The maximum atomic E-state index is 13.2. The highest BCUT2D eigenvalue weighted by Crippen LogP contribution is 2.22. The van der Waals surface area contributed by atoms with E-state index in [0.29, 0.717) is 25.0 Å². The summed E-state index contributed by atoms with van der Waals surface area (Å²) in [6.07, 6.45) is 0.107. The minimum Gasteiger partial charge on any atom is -0.390 e. The largest absolute Gasteiger partial charge is 0.390 e. The van der Waals surface area contributed by atoms with Crippen LogP contribution in [-0.2, 0) is 11.2 Å². The van der Waals surface area contributed by atoms with Crippen LogP contribution in [0.3, 0.4) is 0 Å². The van der Waals surface area contributed by atoms with Crippen LogP contribution in [0.15, 0.2) is 18.2 Å². The highest BCUT2D eigenvalue weighted by molar-refractivity contribution is 6.31. The van der Waals surface area contributed by atoms with Crippen LogP contribution in [0.5, 0.6) is 0 Å². The molecule has 0 amide bonds. The molecule has 1 rings (SSSR count). The summed E-state index contributed by atoms with van der Waals surface area (Å²) in [6, 6.07) is 4.61. The van der Waals surface area contributed by atoms with Gasteiger partial charge in [-0.25, -0.2) is 4.39 Å². The van der Waals surface area contributed by atoms with E-state index in [0.717, 1.165) is 0 Å². The molecule has 96 valence electrons. The van der Waals surface area contributed by atoms with Crippen molar-refractivity contribution in [3.8, 4) is 0 Å². The standard InChI is InChI=1S/C13H18ClFO2/c1-3-12(17-4-2)11(16)8-9-6-5-7-10(15)13(9)14/h5-7,11-12,16H,3-4,8H2,1-2H3. The first kappa shape index (κ1) is 14.4. The van der Waals surface area contributed by atoms with E-state index >= 15 is 0 Å². The van der Waals surface area contributed by atoms with Gasteiger partial charge in [0, 0.05) is 13.0 Å². The summed E-state index contributed by atoms with van der Waals surface area (Å²) in [5.41, 5.74) is 0.609. The van der Waals surface area contributed by atoms with Crippen LogP contribution in [0, 0.1) is 5.82 Å². The second-order valence-electron chi connectivity index (χ2n) is 3.89. The van der Waals surface area contributed by atoms with E-state index in [1.807, 2.05) is 13.8 Å². The maximum Gasteiger partial charge on any atom is 0.142 e. The third kappa shape index (κ3) is 3.95. The molecule has 0 aliphatic rings. The Morgan fingerprint density at radius 2 is 2.12 bits per heavy atom. The van der Waals surface area contributed by atoms with Crippen molar-refractivity contribution in [3.05, 3.63) is 34.6 Å². The van der Waals surface area contributed by atoms with Gasteiger partial charge in [-0.3, -0.25) is 0 Å². The summed E-state index contributed by atoms with van der Waals surface area (Å²) >= 11 is 5.84. The van der Waals surface area contributed by atoms with Gasteiger partial charge in [0.1, 0.15) is 5.82 Å². The van der Waals surface area contributed by atoms with Gasteiger partial charge in [-0.15, -0.1) is 0 Å². The molecule has 1 aromatic carbocycles. The van der Waals surface area contributed by atoms with Gasteiger partial charge in [0.2, 0.25) is 0 Å². The van der Waals surface area contributed by atoms with Gasteiger partial charge in [-0.2, -0.15) is 0 Å². The molecule has 0 spiro atoms. The molecule has 0 radical (unpaired) electrons. The second kappa shape index (κ2) is 6.94. The summed E-state index contributed by atoms with van der Waals surface area (Å²) in [4.78, 5) is 0. The number of aliphatic hydroxyl groups excluding tert-OH is 1. The SMILES string of the molecule is CCOC(CC)C(O)Cc1cccc(F)c1Cl. The average molecular weight is 261 g/mol. The fourth-order valence-corrected chi connectivity index (χ4v) is 1.98. The molecule has 0 saturated carbocycles. The third-order valence-corrected chi connectivity index (χ3v) is 3.10. The van der Waals surface area contributed by atoms with Crippen molar-refractivity contribution in [1.82, 2.24) is 0 Å². The average Bonchev–Trinajstić information content (AvgIpc) is 2.31. The quantitative estimate of drug-likeness (QED) is 0.851. The van der Waals surface area contributed by atoms with Crippen molar-refractivity contribution >= 4 is 11.6 Å². The lowest BCUT2D eigenvalue weighted by Gasteiger charge is -2.21. The van der Waals surface area contributed by atoms with Crippen molar-refractivity contribution in [1.29, 1.82) is 0 Å². The molecule has 0 aliphatic carbocycles. The Balaban J connectivity index is 2.72. The van der Waals surface area contributed by atoms with Crippen LogP contribution in [-0.4, -0.2) is 23.9 Å². The van der Waals surface area contributed by atoms with Crippen LogP contribution in [0.2, 0.25) is 5.02 Å². The number of ether oxygens (including phenoxy) is 1. The molecule has 1 N–H and O–H groups in total. The van der Waals surface area contributed by atoms with E-state index in [2.05, 4.69) is 0 Å². The van der Waals surface area contributed by atoms with Gasteiger partial charge in [0.25, 0.3) is 0 Å². The van der Waals surface area contributed by atoms with Gasteiger partial charge in [0.15, 0.2) is 0 Å². The van der Waals surface area contributed by atoms with Gasteiger partial charge < -0.3 is 9.84 Å². The number of aliphatic hydroxyl groups is 1. The number of hydrogen-bond donors (Lipinski definition) is 1. The molecular weight excluding hydrogens is 243 g/mol. The van der Waals surface area contributed by atoms with Crippen LogP contribution in [0.4, 0.5) is 4.39 Å². The zero-order valence-corrected chi connectivity index (χ0v) is 10.9. The van der Waals surface area contributed by atoms with Gasteiger partial charge >= 0.3 is 0 Å². The Morgan fingerprint density at radius 1 is 1.41 bits per heavy atom. The monoisotopic (exact) mass is 260 g/mol. The Bertz CT molecular complexity index is 357. The molecular formula is C13H18ClFO2. The summed E-state index contributed by atoms with van der Waals surface area (Å²) in [6.45, 7) is 4.37. The number of benzene rings is 1. The van der Waals surface area contributed by atoms with Gasteiger partial charge in [0.05, 0.1) is 17.2 Å². The number of halogens is 2. The molecule has 0 saturated heterocycles. The molecule has 17 heavy (non-hydrogen) atoms. The minimum absolute atomic E-state index is 0.0814. The van der Waals surface area contributed by atoms with E-state index < -0.39 is 11.9 Å². The van der Waals surface area contributed by atoms with E-state index in [4.69, 9.17) is 16.3 Å². The molecule has 4 heteroatoms. The summed E-state index contributed by atoms with van der Waals surface area (Å²) in [5, 5.41) is 10.1. The maximum absolute atomic E-state index is 13.2. The Hall–Kier alpha value is -0.640. The third-order valence-electron chi connectivity index (χ3n) is 2.67. The first-order chi connectivity index (χ1) is 8.10. The minimum atomic E-state index is -0.667. The Kier molecular flexibility index (Phi) is 5.89. The molecule has 0 fully saturated rings. The molecule has 0 aromatic heterocycles. The van der Waals surface area contributed by atoms with Crippen molar-refractivity contribution in [2.45, 2.75) is 38.9 Å². The van der Waals surface area contributed by atoms with E-state index in [9.17, 15) is 9.50 Å². The van der Waals surface area contributed by atoms with Crippen LogP contribution in [0.1, 0.15) is 25.8 Å². The topological polar surface area (TPSA) is 29.5 Å². The molecule has 2 unspecified atom stereocenters. The summed E-state index contributed by atoms with van der Waals surface area (Å²) < 4.78 is 18.6. The van der Waals surface area contributed by atoms with Crippen LogP contribution < -0.4 is 0 Å². The van der Waals surface area contributed by atoms with E-state index in [1.54, 1.807) is 12.1 Å². The molecule has 2 atom stereocenters. The lowest BCUT2D eigenvalue weighted by atomic mass is 10.0. The van der Waals surface area contributed by atoms with E-state index in [1.165, 1.54) is 6.07 Å². The van der Waals surface area contributed by atoms with Gasteiger partial charge in [-0.1, -0.05) is 30.7 Å². The molecule has 0 bridgehead atoms. The predicted molar refractivity (Wildman–Crippen MR) is 66.8 cm³/mol. The second-order valence-corrected chi connectivity index (χ2v) is 4.26. The lowest BCUT2D eigenvalue weighted by Crippen LogP contribution is -2.30.